The van der Waals surface area contributed by atoms with Gasteiger partial charge in [0.1, 0.15) is 5.75 Å². The maximum Gasteiger partial charge on any atom is 0.573 e. The normalized spacial score (nSPS) is 11.1. The molecule has 0 atom stereocenters. The van der Waals surface area contributed by atoms with Gasteiger partial charge in [-0.1, -0.05) is 6.07 Å². The Bertz CT molecular complexity index is 677. The van der Waals surface area contributed by atoms with Gasteiger partial charge in [-0.05, 0) is 30.5 Å². The Morgan fingerprint density at radius 1 is 1.27 bits per heavy atom. The van der Waals surface area contributed by atoms with Crippen LogP contribution in [0.2, 0.25) is 0 Å². The summed E-state index contributed by atoms with van der Waals surface area (Å²) in [6.45, 7) is 0. The van der Waals surface area contributed by atoms with Crippen molar-refractivity contribution in [3.05, 3.63) is 48.2 Å². The van der Waals surface area contributed by atoms with Crippen molar-refractivity contribution in [2.24, 2.45) is 0 Å². The number of benzene rings is 1. The molecule has 1 aromatic heterocycles. The van der Waals surface area contributed by atoms with Crippen LogP contribution in [-0.4, -0.2) is 23.5 Å². The fourth-order valence-corrected chi connectivity index (χ4v) is 2.05. The van der Waals surface area contributed by atoms with Crippen LogP contribution in [-0.2, 0) is 0 Å². The number of aromatic nitrogens is 1. The lowest BCUT2D eigenvalue weighted by molar-refractivity contribution is -0.274. The van der Waals surface area contributed by atoms with E-state index in [1.807, 2.05) is 6.26 Å². The Morgan fingerprint density at radius 3 is 2.73 bits per heavy atom. The third-order valence-electron chi connectivity index (χ3n) is 2.53. The SMILES string of the molecule is CSc1cc(C(=O)Nc2cccc(OC(F)(F)F)c2)ccn1. The molecule has 0 bridgehead atoms. The fourth-order valence-electron chi connectivity index (χ4n) is 1.64. The van der Waals surface area contributed by atoms with Crippen LogP contribution < -0.4 is 10.1 Å². The minimum atomic E-state index is -4.78. The standard InChI is InChI=1S/C14H11F3N2O2S/c1-22-12-7-9(5-6-18-12)13(20)19-10-3-2-4-11(8-10)21-14(15,16)17/h2-8H,1H3,(H,19,20). The molecule has 22 heavy (non-hydrogen) atoms. The molecule has 0 radical (unpaired) electrons. The zero-order valence-corrected chi connectivity index (χ0v) is 12.2. The van der Waals surface area contributed by atoms with Crippen LogP contribution in [0.5, 0.6) is 5.75 Å². The molecular formula is C14H11F3N2O2S. The highest BCUT2D eigenvalue weighted by Crippen LogP contribution is 2.25. The Balaban J connectivity index is 2.13. The highest BCUT2D eigenvalue weighted by atomic mass is 32.2. The van der Waals surface area contributed by atoms with E-state index in [1.165, 1.54) is 36.2 Å². The molecule has 2 aromatic rings. The lowest BCUT2D eigenvalue weighted by atomic mass is 10.2. The van der Waals surface area contributed by atoms with Gasteiger partial charge in [0, 0.05) is 23.5 Å². The molecule has 0 aliphatic rings. The van der Waals surface area contributed by atoms with E-state index in [0.717, 1.165) is 12.1 Å². The van der Waals surface area contributed by atoms with Gasteiger partial charge in [0.05, 0.1) is 5.03 Å². The quantitative estimate of drug-likeness (QED) is 0.863. The van der Waals surface area contributed by atoms with Crippen LogP contribution in [0.4, 0.5) is 18.9 Å². The number of nitrogens with zero attached hydrogens (tertiary/aromatic N) is 1. The Morgan fingerprint density at radius 2 is 2.05 bits per heavy atom. The van der Waals surface area contributed by atoms with Crippen molar-refractivity contribution in [3.8, 4) is 5.75 Å². The first-order chi connectivity index (χ1) is 10.4. The molecule has 0 saturated heterocycles. The van der Waals surface area contributed by atoms with Crippen molar-refractivity contribution in [2.75, 3.05) is 11.6 Å². The number of thioether (sulfide) groups is 1. The number of carbonyl (C=O) groups is 1. The Hall–Kier alpha value is -2.22. The molecule has 1 amide bonds. The topological polar surface area (TPSA) is 51.2 Å². The smallest absolute Gasteiger partial charge is 0.406 e. The van der Waals surface area contributed by atoms with Crippen LogP contribution in [0, 0.1) is 0 Å². The molecule has 1 aromatic carbocycles. The molecule has 0 unspecified atom stereocenters. The maximum absolute atomic E-state index is 12.2. The first-order valence-electron chi connectivity index (χ1n) is 6.04. The number of rotatable bonds is 4. The summed E-state index contributed by atoms with van der Waals surface area (Å²) < 4.78 is 40.3. The fraction of sp³-hybridized carbons (Fsp3) is 0.143. The summed E-state index contributed by atoms with van der Waals surface area (Å²) in [5, 5.41) is 3.18. The third kappa shape index (κ3) is 4.66. The molecule has 8 heteroatoms. The van der Waals surface area contributed by atoms with E-state index >= 15 is 0 Å². The second kappa shape index (κ2) is 6.69. The second-order valence-electron chi connectivity index (χ2n) is 4.12. The van der Waals surface area contributed by atoms with Crippen molar-refractivity contribution in [3.63, 3.8) is 0 Å². The number of carbonyl (C=O) groups excluding carboxylic acids is 1. The summed E-state index contributed by atoms with van der Waals surface area (Å²) in [6.07, 6.45) is -1.47. The van der Waals surface area contributed by atoms with E-state index in [1.54, 1.807) is 6.07 Å². The Labute approximate surface area is 128 Å². The average Bonchev–Trinajstić information content (AvgIpc) is 2.46. The van der Waals surface area contributed by atoms with Crippen LogP contribution in [0.3, 0.4) is 0 Å². The van der Waals surface area contributed by atoms with E-state index in [-0.39, 0.29) is 5.69 Å². The zero-order chi connectivity index (χ0) is 16.2. The first-order valence-corrected chi connectivity index (χ1v) is 7.27. The predicted molar refractivity (Wildman–Crippen MR) is 77.1 cm³/mol. The minimum absolute atomic E-state index is 0.203. The van der Waals surface area contributed by atoms with E-state index in [2.05, 4.69) is 15.0 Å². The van der Waals surface area contributed by atoms with Crippen LogP contribution in [0.25, 0.3) is 0 Å². The summed E-state index contributed by atoms with van der Waals surface area (Å²) in [4.78, 5) is 16.1. The molecule has 1 heterocycles. The predicted octanol–water partition coefficient (Wildman–Crippen LogP) is 3.95. The van der Waals surface area contributed by atoms with Gasteiger partial charge < -0.3 is 10.1 Å². The maximum atomic E-state index is 12.2. The van der Waals surface area contributed by atoms with Crippen molar-refractivity contribution in [2.45, 2.75) is 11.4 Å². The van der Waals surface area contributed by atoms with Crippen molar-refractivity contribution in [1.82, 2.24) is 4.98 Å². The molecular weight excluding hydrogens is 317 g/mol. The van der Waals surface area contributed by atoms with Crippen LogP contribution in [0.15, 0.2) is 47.6 Å². The molecule has 116 valence electrons. The van der Waals surface area contributed by atoms with E-state index in [9.17, 15) is 18.0 Å². The molecule has 4 nitrogen and oxygen atoms in total. The van der Waals surface area contributed by atoms with E-state index in [0.29, 0.717) is 10.6 Å². The van der Waals surface area contributed by atoms with E-state index < -0.39 is 18.0 Å². The molecule has 0 aliphatic heterocycles. The van der Waals surface area contributed by atoms with Gasteiger partial charge in [0.15, 0.2) is 0 Å². The van der Waals surface area contributed by atoms with Gasteiger partial charge in [-0.2, -0.15) is 0 Å². The van der Waals surface area contributed by atoms with Gasteiger partial charge in [-0.3, -0.25) is 4.79 Å². The van der Waals surface area contributed by atoms with Crippen molar-refractivity contribution in [1.29, 1.82) is 0 Å². The molecule has 1 N–H and O–H groups in total. The van der Waals surface area contributed by atoms with Gasteiger partial charge in [-0.15, -0.1) is 24.9 Å². The van der Waals surface area contributed by atoms with Crippen LogP contribution >= 0.6 is 11.8 Å². The number of alkyl halides is 3. The van der Waals surface area contributed by atoms with Gasteiger partial charge in [-0.25, -0.2) is 4.98 Å². The molecule has 0 fully saturated rings. The Kier molecular flexibility index (Phi) is 4.92. The largest absolute Gasteiger partial charge is 0.573 e. The van der Waals surface area contributed by atoms with Crippen molar-refractivity contribution >= 4 is 23.4 Å². The number of pyridine rings is 1. The third-order valence-corrected chi connectivity index (χ3v) is 3.17. The molecule has 0 spiro atoms. The highest BCUT2D eigenvalue weighted by molar-refractivity contribution is 7.98. The summed E-state index contributed by atoms with van der Waals surface area (Å²) in [5.41, 5.74) is 0.566. The first kappa shape index (κ1) is 16.2. The van der Waals surface area contributed by atoms with Gasteiger partial charge >= 0.3 is 6.36 Å². The molecule has 2 rings (SSSR count). The van der Waals surface area contributed by atoms with Gasteiger partial charge in [0.2, 0.25) is 0 Å². The second-order valence-corrected chi connectivity index (χ2v) is 4.94. The van der Waals surface area contributed by atoms with Crippen molar-refractivity contribution < 1.29 is 22.7 Å². The number of nitrogens with one attached hydrogen (secondary N) is 1. The summed E-state index contributed by atoms with van der Waals surface area (Å²) in [6, 6.07) is 8.19. The van der Waals surface area contributed by atoms with Gasteiger partial charge in [0.25, 0.3) is 5.91 Å². The summed E-state index contributed by atoms with van der Waals surface area (Å²) in [5.74, 6) is -0.841. The minimum Gasteiger partial charge on any atom is -0.406 e. The van der Waals surface area contributed by atoms with Crippen LogP contribution in [0.1, 0.15) is 10.4 Å². The summed E-state index contributed by atoms with van der Waals surface area (Å²) in [7, 11) is 0. The number of hydrogen-bond donors (Lipinski definition) is 1. The average molecular weight is 328 g/mol. The number of halogens is 3. The number of ether oxygens (including phenoxy) is 1. The highest BCUT2D eigenvalue weighted by Gasteiger charge is 2.31. The number of anilines is 1. The number of hydrogen-bond acceptors (Lipinski definition) is 4. The lowest BCUT2D eigenvalue weighted by Crippen LogP contribution is -2.17. The lowest BCUT2D eigenvalue weighted by Gasteiger charge is -2.11. The number of amides is 1. The van der Waals surface area contributed by atoms with E-state index in [4.69, 9.17) is 0 Å². The zero-order valence-electron chi connectivity index (χ0n) is 11.3. The molecule has 0 aliphatic carbocycles. The monoisotopic (exact) mass is 328 g/mol. The molecule has 0 saturated carbocycles. The summed E-state index contributed by atoms with van der Waals surface area (Å²) >= 11 is 1.38.